The highest BCUT2D eigenvalue weighted by atomic mass is 16.2. The summed E-state index contributed by atoms with van der Waals surface area (Å²) in [6.07, 6.45) is 5.46. The van der Waals surface area contributed by atoms with E-state index in [0.29, 0.717) is 17.9 Å². The van der Waals surface area contributed by atoms with E-state index in [1.54, 1.807) is 6.20 Å². The van der Waals surface area contributed by atoms with Crippen molar-refractivity contribution in [1.82, 2.24) is 4.98 Å². The Morgan fingerprint density at radius 3 is 2.33 bits per heavy atom. The van der Waals surface area contributed by atoms with Gasteiger partial charge < -0.3 is 15.5 Å². The molecule has 0 bridgehead atoms. The monoisotopic (exact) mass is 362 g/mol. The molecule has 138 valence electrons. The van der Waals surface area contributed by atoms with Crippen LogP contribution in [-0.2, 0) is 6.54 Å². The first-order valence-electron chi connectivity index (χ1n) is 9.31. The zero-order valence-corrected chi connectivity index (χ0v) is 15.1. The molecule has 3 aromatic rings. The van der Waals surface area contributed by atoms with Crippen LogP contribution >= 0.6 is 0 Å². The fourth-order valence-corrected chi connectivity index (χ4v) is 3.41. The van der Waals surface area contributed by atoms with Crippen molar-refractivity contribution >= 4 is 22.7 Å². The lowest BCUT2D eigenvalue weighted by atomic mass is 10.1. The van der Waals surface area contributed by atoms with Crippen LogP contribution < -0.4 is 26.4 Å². The lowest BCUT2D eigenvalue weighted by molar-refractivity contribution is 0.578. The Hall–Kier alpha value is -3.15. The van der Waals surface area contributed by atoms with Crippen LogP contribution in [0.3, 0.4) is 0 Å². The molecule has 0 radical (unpaired) electrons. The van der Waals surface area contributed by atoms with Crippen LogP contribution in [-0.4, -0.2) is 18.1 Å². The summed E-state index contributed by atoms with van der Waals surface area (Å²) in [4.78, 5) is 30.5. The number of benzene rings is 1. The van der Waals surface area contributed by atoms with Gasteiger partial charge in [0.2, 0.25) is 0 Å². The average Bonchev–Trinajstić information content (AvgIpc) is 2.74. The van der Waals surface area contributed by atoms with Gasteiger partial charge in [0.05, 0.1) is 12.2 Å². The lowest BCUT2D eigenvalue weighted by Crippen LogP contribution is -2.36. The third-order valence-corrected chi connectivity index (χ3v) is 4.94. The van der Waals surface area contributed by atoms with Gasteiger partial charge in [-0.25, -0.2) is 0 Å². The van der Waals surface area contributed by atoms with Crippen molar-refractivity contribution in [2.75, 3.05) is 28.6 Å². The molecule has 2 aromatic carbocycles. The average molecular weight is 362 g/mol. The number of hydrogen-bond acceptors (Lipinski definition) is 6. The maximum Gasteiger partial charge on any atom is 0.253 e. The molecule has 0 spiro atoms. The highest BCUT2D eigenvalue weighted by Gasteiger charge is 2.21. The minimum absolute atomic E-state index is 0.321. The Balaban J connectivity index is 1.44. The van der Waals surface area contributed by atoms with E-state index in [1.807, 2.05) is 30.3 Å². The molecule has 6 heteroatoms. The second kappa shape index (κ2) is 7.61. The molecule has 1 aliphatic heterocycles. The summed E-state index contributed by atoms with van der Waals surface area (Å²) in [7, 11) is 0. The van der Waals surface area contributed by atoms with Gasteiger partial charge in [-0.3, -0.25) is 14.6 Å². The molecule has 0 saturated carbocycles. The van der Waals surface area contributed by atoms with Crippen molar-refractivity contribution in [3.05, 3.63) is 74.8 Å². The minimum Gasteiger partial charge on any atom is -0.374 e. The van der Waals surface area contributed by atoms with E-state index in [2.05, 4.69) is 32.7 Å². The van der Waals surface area contributed by atoms with E-state index < -0.39 is 10.9 Å². The van der Waals surface area contributed by atoms with Crippen molar-refractivity contribution in [3.63, 3.8) is 0 Å². The van der Waals surface area contributed by atoms with Crippen molar-refractivity contribution in [3.8, 4) is 0 Å². The highest BCUT2D eigenvalue weighted by molar-refractivity contribution is 5.79. The maximum absolute atomic E-state index is 12.0. The summed E-state index contributed by atoms with van der Waals surface area (Å²) in [6.45, 7) is 2.58. The molecule has 4 rings (SSSR count). The SMILES string of the molecule is O=c1c(NCc2ccccn2)c(Nc2ccc(N3CCCCC3)cc2)c1=O. The normalized spacial score (nSPS) is 14.3. The fraction of sp³-hybridized carbons (Fsp3) is 0.286. The van der Waals surface area contributed by atoms with Crippen LogP contribution in [0.4, 0.5) is 22.7 Å². The molecule has 0 unspecified atom stereocenters. The van der Waals surface area contributed by atoms with Crippen LogP contribution in [0.1, 0.15) is 25.0 Å². The highest BCUT2D eigenvalue weighted by Crippen LogP contribution is 2.25. The number of anilines is 4. The quantitative estimate of drug-likeness (QED) is 0.657. The topological polar surface area (TPSA) is 74.3 Å². The van der Waals surface area contributed by atoms with E-state index in [-0.39, 0.29) is 0 Å². The number of nitrogens with one attached hydrogen (secondary N) is 2. The van der Waals surface area contributed by atoms with Crippen molar-refractivity contribution in [1.29, 1.82) is 0 Å². The third-order valence-electron chi connectivity index (χ3n) is 4.94. The zero-order chi connectivity index (χ0) is 18.6. The van der Waals surface area contributed by atoms with Crippen molar-refractivity contribution in [2.24, 2.45) is 0 Å². The second-order valence-corrected chi connectivity index (χ2v) is 6.80. The number of rotatable bonds is 6. The van der Waals surface area contributed by atoms with Gasteiger partial charge in [0, 0.05) is 30.7 Å². The first-order chi connectivity index (χ1) is 13.2. The van der Waals surface area contributed by atoms with Crippen LogP contribution in [0.5, 0.6) is 0 Å². The summed E-state index contributed by atoms with van der Waals surface area (Å²) < 4.78 is 0. The predicted octanol–water partition coefficient (Wildman–Crippen LogP) is 3.02. The lowest BCUT2D eigenvalue weighted by Gasteiger charge is -2.29. The Morgan fingerprint density at radius 2 is 1.63 bits per heavy atom. The molecule has 27 heavy (non-hydrogen) atoms. The van der Waals surface area contributed by atoms with Crippen LogP contribution in [0.15, 0.2) is 58.3 Å². The molecule has 6 nitrogen and oxygen atoms in total. The van der Waals surface area contributed by atoms with Gasteiger partial charge in [0.15, 0.2) is 0 Å². The van der Waals surface area contributed by atoms with E-state index in [1.165, 1.54) is 24.9 Å². The number of pyridine rings is 1. The van der Waals surface area contributed by atoms with E-state index >= 15 is 0 Å². The van der Waals surface area contributed by atoms with Gasteiger partial charge in [-0.15, -0.1) is 0 Å². The molecule has 1 fully saturated rings. The van der Waals surface area contributed by atoms with Crippen molar-refractivity contribution in [2.45, 2.75) is 25.8 Å². The third kappa shape index (κ3) is 3.69. The van der Waals surface area contributed by atoms with Gasteiger partial charge in [-0.2, -0.15) is 0 Å². The summed E-state index contributed by atoms with van der Waals surface area (Å²) >= 11 is 0. The van der Waals surface area contributed by atoms with Crippen LogP contribution in [0, 0.1) is 0 Å². The van der Waals surface area contributed by atoms with E-state index in [9.17, 15) is 9.59 Å². The first kappa shape index (κ1) is 17.3. The molecular formula is C21H22N4O2. The number of aromatic nitrogens is 1. The Labute approximate surface area is 157 Å². The Morgan fingerprint density at radius 1 is 0.889 bits per heavy atom. The maximum atomic E-state index is 12.0. The molecule has 0 amide bonds. The number of piperidine rings is 1. The van der Waals surface area contributed by atoms with Gasteiger partial charge in [0.1, 0.15) is 11.4 Å². The Bertz CT molecular complexity index is 970. The fourth-order valence-electron chi connectivity index (χ4n) is 3.41. The van der Waals surface area contributed by atoms with Gasteiger partial charge >= 0.3 is 0 Å². The molecular weight excluding hydrogens is 340 g/mol. The molecule has 0 aliphatic carbocycles. The molecule has 1 saturated heterocycles. The summed E-state index contributed by atoms with van der Waals surface area (Å²) in [6, 6.07) is 13.6. The predicted molar refractivity (Wildman–Crippen MR) is 109 cm³/mol. The second-order valence-electron chi connectivity index (χ2n) is 6.80. The molecule has 1 aromatic heterocycles. The molecule has 2 heterocycles. The Kier molecular flexibility index (Phi) is 4.87. The smallest absolute Gasteiger partial charge is 0.253 e. The van der Waals surface area contributed by atoms with Gasteiger partial charge in [0.25, 0.3) is 10.9 Å². The summed E-state index contributed by atoms with van der Waals surface area (Å²) in [5.41, 5.74) is 2.47. The van der Waals surface area contributed by atoms with E-state index in [0.717, 1.165) is 24.5 Å². The largest absolute Gasteiger partial charge is 0.374 e. The minimum atomic E-state index is -0.488. The first-order valence-corrected chi connectivity index (χ1v) is 9.31. The molecule has 0 atom stereocenters. The molecule has 1 aliphatic rings. The number of nitrogens with zero attached hydrogens (tertiary/aromatic N) is 2. The molecule has 2 N–H and O–H groups in total. The van der Waals surface area contributed by atoms with Gasteiger partial charge in [-0.05, 0) is 55.7 Å². The summed E-state index contributed by atoms with van der Waals surface area (Å²) in [5, 5.41) is 6.11. The summed E-state index contributed by atoms with van der Waals surface area (Å²) in [5.74, 6) is 0. The standard InChI is InChI=1S/C21H22N4O2/c26-20-18(23-14-16-6-2-3-11-22-16)19(21(20)27)24-15-7-9-17(10-8-15)25-12-4-1-5-13-25/h2-3,6-11,23-24H,1,4-5,12-14H2. The van der Waals surface area contributed by atoms with E-state index in [4.69, 9.17) is 0 Å². The van der Waals surface area contributed by atoms with Gasteiger partial charge in [-0.1, -0.05) is 6.07 Å². The zero-order valence-electron chi connectivity index (χ0n) is 15.1. The van der Waals surface area contributed by atoms with Crippen LogP contribution in [0.2, 0.25) is 0 Å². The van der Waals surface area contributed by atoms with Crippen LogP contribution in [0.25, 0.3) is 0 Å². The van der Waals surface area contributed by atoms with Crippen molar-refractivity contribution < 1.29 is 0 Å². The number of hydrogen-bond donors (Lipinski definition) is 2.